The van der Waals surface area contributed by atoms with Gasteiger partial charge in [0.1, 0.15) is 5.78 Å². The lowest BCUT2D eigenvalue weighted by atomic mass is 9.64. The van der Waals surface area contributed by atoms with Gasteiger partial charge in [-0.1, -0.05) is 0 Å². The molecule has 0 aromatic rings. The van der Waals surface area contributed by atoms with Crippen molar-refractivity contribution in [2.75, 3.05) is 6.54 Å². The third-order valence-corrected chi connectivity index (χ3v) is 5.30. The molecule has 23 heavy (non-hydrogen) atoms. The Morgan fingerprint density at radius 1 is 1.00 bits per heavy atom. The molecule has 1 heterocycles. The zero-order valence-corrected chi connectivity index (χ0v) is 13.7. The van der Waals surface area contributed by atoms with Crippen LogP contribution in [0.25, 0.3) is 0 Å². The van der Waals surface area contributed by atoms with E-state index in [9.17, 15) is 14.6 Å². The summed E-state index contributed by atoms with van der Waals surface area (Å²) in [5, 5.41) is 18.8. The fraction of sp³-hybridized carbons (Fsp3) is 0.875. The van der Waals surface area contributed by atoms with Crippen LogP contribution in [0.3, 0.4) is 0 Å². The van der Waals surface area contributed by atoms with Gasteiger partial charge in [-0.2, -0.15) is 0 Å². The second-order valence-corrected chi connectivity index (χ2v) is 7.15. The SMILES string of the molecule is NCC1CCC(CC(=O)C[C@H]2CC[C@@H](CC(=O)O)OB2O)CC1. The van der Waals surface area contributed by atoms with E-state index in [-0.39, 0.29) is 18.0 Å². The smallest absolute Gasteiger partial charge is 0.458 e. The molecule has 0 unspecified atom stereocenters. The van der Waals surface area contributed by atoms with E-state index in [1.165, 1.54) is 0 Å². The third kappa shape index (κ3) is 5.90. The minimum atomic E-state index is -1.02. The summed E-state index contributed by atoms with van der Waals surface area (Å²) < 4.78 is 5.34. The number of hydrogen-bond acceptors (Lipinski definition) is 5. The number of carboxylic acids is 1. The Bertz CT molecular complexity index is 411. The summed E-state index contributed by atoms with van der Waals surface area (Å²) in [6.07, 6.45) is 5.96. The van der Waals surface area contributed by atoms with E-state index < -0.39 is 19.2 Å². The molecule has 2 atom stereocenters. The summed E-state index contributed by atoms with van der Waals surface area (Å²) in [6, 6.07) is 0. The topological polar surface area (TPSA) is 110 Å². The summed E-state index contributed by atoms with van der Waals surface area (Å²) in [5.41, 5.74) is 5.68. The lowest BCUT2D eigenvalue weighted by molar-refractivity contribution is -0.139. The highest BCUT2D eigenvalue weighted by molar-refractivity contribution is 6.45. The quantitative estimate of drug-likeness (QED) is 0.613. The minimum Gasteiger partial charge on any atom is -0.481 e. The second-order valence-electron chi connectivity index (χ2n) is 7.15. The van der Waals surface area contributed by atoms with Crippen LogP contribution in [0.15, 0.2) is 0 Å². The zero-order valence-electron chi connectivity index (χ0n) is 13.7. The van der Waals surface area contributed by atoms with Crippen LogP contribution >= 0.6 is 0 Å². The first-order valence-corrected chi connectivity index (χ1v) is 8.75. The molecule has 130 valence electrons. The predicted molar refractivity (Wildman–Crippen MR) is 86.8 cm³/mol. The standard InChI is InChI=1S/C16H28BNO5/c18-10-12-3-1-11(2-4-12)7-14(19)8-13-5-6-15(9-16(20)21)23-17(13)22/h11-13,15,22H,1-10,18H2,(H,20,21)/t11?,12?,13-,15+/m1/s1. The summed E-state index contributed by atoms with van der Waals surface area (Å²) in [5.74, 6) is 0.121. The summed E-state index contributed by atoms with van der Waals surface area (Å²) >= 11 is 0. The van der Waals surface area contributed by atoms with E-state index in [0.29, 0.717) is 37.5 Å². The van der Waals surface area contributed by atoms with Gasteiger partial charge in [-0.3, -0.25) is 9.59 Å². The number of carbonyl (C=O) groups excluding carboxylic acids is 1. The maximum Gasteiger partial charge on any atom is 0.458 e. The fourth-order valence-corrected chi connectivity index (χ4v) is 3.84. The largest absolute Gasteiger partial charge is 0.481 e. The van der Waals surface area contributed by atoms with Crippen LogP contribution in [-0.2, 0) is 14.2 Å². The van der Waals surface area contributed by atoms with E-state index >= 15 is 0 Å². The van der Waals surface area contributed by atoms with Gasteiger partial charge < -0.3 is 20.5 Å². The number of nitrogens with two attached hydrogens (primary N) is 1. The van der Waals surface area contributed by atoms with Crippen molar-refractivity contribution in [3.8, 4) is 0 Å². The molecule has 2 fully saturated rings. The number of carbonyl (C=O) groups is 2. The first-order valence-electron chi connectivity index (χ1n) is 8.75. The Hall–Kier alpha value is -0.915. The lowest BCUT2D eigenvalue weighted by Crippen LogP contribution is -2.38. The van der Waals surface area contributed by atoms with E-state index in [0.717, 1.165) is 32.2 Å². The molecule has 1 saturated heterocycles. The lowest BCUT2D eigenvalue weighted by Gasteiger charge is -2.31. The van der Waals surface area contributed by atoms with Crippen molar-refractivity contribution in [2.24, 2.45) is 17.6 Å². The molecule has 4 N–H and O–H groups in total. The van der Waals surface area contributed by atoms with E-state index in [4.69, 9.17) is 15.5 Å². The van der Waals surface area contributed by atoms with Gasteiger partial charge in [-0.15, -0.1) is 0 Å². The Kier molecular flexibility index (Phi) is 7.05. The van der Waals surface area contributed by atoms with Gasteiger partial charge in [0, 0.05) is 18.7 Å². The number of Topliss-reactive ketones (excluding diaryl/α,β-unsaturated/α-hetero) is 1. The Balaban J connectivity index is 1.70. The number of aliphatic carboxylic acids is 1. The van der Waals surface area contributed by atoms with Gasteiger partial charge in [0.2, 0.25) is 0 Å². The number of hydrogen-bond donors (Lipinski definition) is 3. The first-order chi connectivity index (χ1) is 11.0. The van der Waals surface area contributed by atoms with Crippen LogP contribution in [0, 0.1) is 11.8 Å². The molecule has 1 aliphatic carbocycles. The average molecular weight is 325 g/mol. The molecular weight excluding hydrogens is 297 g/mol. The second kappa shape index (κ2) is 8.80. The van der Waals surface area contributed by atoms with Gasteiger partial charge in [-0.25, -0.2) is 0 Å². The molecule has 0 aromatic heterocycles. The van der Waals surface area contributed by atoms with Crippen molar-refractivity contribution < 1.29 is 24.4 Å². The minimum absolute atomic E-state index is 0.0951. The molecule has 2 aliphatic rings. The highest BCUT2D eigenvalue weighted by Gasteiger charge is 2.37. The van der Waals surface area contributed by atoms with Crippen molar-refractivity contribution in [2.45, 2.75) is 69.7 Å². The van der Waals surface area contributed by atoms with Crippen molar-refractivity contribution in [3.05, 3.63) is 0 Å². The van der Waals surface area contributed by atoms with Crippen LogP contribution in [0.4, 0.5) is 0 Å². The summed E-state index contributed by atoms with van der Waals surface area (Å²) in [4.78, 5) is 22.9. The van der Waals surface area contributed by atoms with Crippen LogP contribution in [0.1, 0.15) is 57.8 Å². The van der Waals surface area contributed by atoms with Crippen molar-refractivity contribution in [1.82, 2.24) is 0 Å². The van der Waals surface area contributed by atoms with Crippen LogP contribution in [-0.4, -0.2) is 41.7 Å². The third-order valence-electron chi connectivity index (χ3n) is 5.30. The number of ketones is 1. The van der Waals surface area contributed by atoms with Crippen molar-refractivity contribution >= 4 is 18.9 Å². The maximum absolute atomic E-state index is 12.2. The highest BCUT2D eigenvalue weighted by Crippen LogP contribution is 2.34. The van der Waals surface area contributed by atoms with E-state index in [1.54, 1.807) is 0 Å². The summed E-state index contributed by atoms with van der Waals surface area (Å²) in [6.45, 7) is 0.740. The van der Waals surface area contributed by atoms with Gasteiger partial charge in [0.05, 0.1) is 12.5 Å². The number of carboxylic acid groups (broad SMARTS) is 1. The Labute approximate surface area is 137 Å². The molecular formula is C16H28BNO5. The highest BCUT2D eigenvalue weighted by atomic mass is 16.5. The monoisotopic (exact) mass is 325 g/mol. The normalized spacial score (nSPS) is 31.8. The van der Waals surface area contributed by atoms with Crippen molar-refractivity contribution in [3.63, 3.8) is 0 Å². The zero-order chi connectivity index (χ0) is 16.8. The van der Waals surface area contributed by atoms with Gasteiger partial charge >= 0.3 is 13.1 Å². The van der Waals surface area contributed by atoms with Gasteiger partial charge in [-0.05, 0) is 56.9 Å². The van der Waals surface area contributed by atoms with E-state index in [2.05, 4.69) is 0 Å². The van der Waals surface area contributed by atoms with Gasteiger partial charge in [0.25, 0.3) is 0 Å². The molecule has 6 nitrogen and oxygen atoms in total. The molecule has 0 amide bonds. The average Bonchev–Trinajstić information content (AvgIpc) is 2.50. The summed E-state index contributed by atoms with van der Waals surface area (Å²) in [7, 11) is -1.02. The van der Waals surface area contributed by atoms with Crippen LogP contribution in [0.5, 0.6) is 0 Å². The fourth-order valence-electron chi connectivity index (χ4n) is 3.84. The molecule has 2 rings (SSSR count). The van der Waals surface area contributed by atoms with Crippen LogP contribution in [0.2, 0.25) is 5.82 Å². The van der Waals surface area contributed by atoms with E-state index in [1.807, 2.05) is 0 Å². The first kappa shape index (κ1) is 18.4. The molecule has 0 bridgehead atoms. The van der Waals surface area contributed by atoms with Gasteiger partial charge in [0.15, 0.2) is 0 Å². The van der Waals surface area contributed by atoms with Crippen molar-refractivity contribution in [1.29, 1.82) is 0 Å². The Morgan fingerprint density at radius 2 is 1.65 bits per heavy atom. The molecule has 0 radical (unpaired) electrons. The molecule has 0 spiro atoms. The van der Waals surface area contributed by atoms with Crippen LogP contribution < -0.4 is 5.73 Å². The predicted octanol–water partition coefficient (Wildman–Crippen LogP) is 1.61. The number of rotatable bonds is 7. The Morgan fingerprint density at radius 3 is 2.22 bits per heavy atom. The molecule has 0 aromatic carbocycles. The molecule has 7 heteroatoms. The maximum atomic E-state index is 12.2. The molecule has 1 saturated carbocycles. The molecule has 1 aliphatic heterocycles.